The van der Waals surface area contributed by atoms with Gasteiger partial charge in [0.25, 0.3) is 0 Å². The van der Waals surface area contributed by atoms with Crippen LogP contribution in [0.3, 0.4) is 0 Å². The van der Waals surface area contributed by atoms with Gasteiger partial charge in [0.15, 0.2) is 5.82 Å². The number of hydrogen-bond donors (Lipinski definition) is 3. The van der Waals surface area contributed by atoms with Gasteiger partial charge in [0.2, 0.25) is 5.91 Å². The smallest absolute Gasteiger partial charge is 0.224 e. The maximum absolute atomic E-state index is 11.9. The van der Waals surface area contributed by atoms with Crippen molar-refractivity contribution < 1.29 is 4.79 Å². The van der Waals surface area contributed by atoms with Crippen LogP contribution in [0.1, 0.15) is 38.4 Å². The van der Waals surface area contributed by atoms with Crippen molar-refractivity contribution in [3.63, 3.8) is 0 Å². The van der Waals surface area contributed by atoms with Crippen molar-refractivity contribution in [3.8, 4) is 11.4 Å². The van der Waals surface area contributed by atoms with Gasteiger partial charge < -0.3 is 11.1 Å². The summed E-state index contributed by atoms with van der Waals surface area (Å²) in [5, 5.41) is 10.1. The predicted molar refractivity (Wildman–Crippen MR) is 82.8 cm³/mol. The zero-order valence-corrected chi connectivity index (χ0v) is 12.4. The minimum atomic E-state index is -0.0486. The fraction of sp³-hybridized carbons (Fsp3) is 0.400. The van der Waals surface area contributed by atoms with E-state index in [0.717, 1.165) is 11.4 Å². The van der Waals surface area contributed by atoms with Crippen LogP contribution < -0.4 is 11.1 Å². The molecule has 0 fully saturated rings. The maximum atomic E-state index is 11.9. The molecule has 6 nitrogen and oxygen atoms in total. The first-order valence-electron chi connectivity index (χ1n) is 7.13. The summed E-state index contributed by atoms with van der Waals surface area (Å²) < 4.78 is 0. The zero-order valence-electron chi connectivity index (χ0n) is 12.4. The van der Waals surface area contributed by atoms with Crippen molar-refractivity contribution >= 4 is 11.6 Å². The first kappa shape index (κ1) is 15.2. The summed E-state index contributed by atoms with van der Waals surface area (Å²) >= 11 is 0. The first-order valence-corrected chi connectivity index (χ1v) is 7.13. The number of nitrogens with zero attached hydrogens (tertiary/aromatic N) is 2. The van der Waals surface area contributed by atoms with Crippen LogP contribution in [-0.4, -0.2) is 27.6 Å². The summed E-state index contributed by atoms with van der Waals surface area (Å²) in [4.78, 5) is 16.3. The minimum Gasteiger partial charge on any atom is -0.330 e. The molecule has 0 saturated heterocycles. The normalized spacial score (nSPS) is 10.9. The van der Waals surface area contributed by atoms with Crippen molar-refractivity contribution in [1.82, 2.24) is 15.2 Å². The van der Waals surface area contributed by atoms with Gasteiger partial charge in [0.1, 0.15) is 5.82 Å². The SMILES string of the molecule is CC(C)c1nc(-c2ccccc2NC(=O)CCCN)n[nH]1. The van der Waals surface area contributed by atoms with E-state index in [4.69, 9.17) is 5.73 Å². The highest BCUT2D eigenvalue weighted by molar-refractivity contribution is 5.94. The summed E-state index contributed by atoms with van der Waals surface area (Å²) in [6, 6.07) is 7.52. The standard InChI is InChI=1S/C15H21N5O/c1-10(2)14-18-15(20-19-14)11-6-3-4-7-12(11)17-13(21)8-5-9-16/h3-4,6-7,10H,5,8-9,16H2,1-2H3,(H,17,21)(H,18,19,20). The van der Waals surface area contributed by atoms with Gasteiger partial charge >= 0.3 is 0 Å². The van der Waals surface area contributed by atoms with Gasteiger partial charge in [0.05, 0.1) is 5.69 Å². The molecule has 1 amide bonds. The van der Waals surface area contributed by atoms with Crippen LogP contribution in [0.5, 0.6) is 0 Å². The molecule has 112 valence electrons. The maximum Gasteiger partial charge on any atom is 0.224 e. The fourth-order valence-corrected chi connectivity index (χ4v) is 1.92. The highest BCUT2D eigenvalue weighted by Crippen LogP contribution is 2.26. The topological polar surface area (TPSA) is 96.7 Å². The van der Waals surface area contributed by atoms with Gasteiger partial charge in [-0.15, -0.1) is 0 Å². The molecular formula is C15H21N5O. The Kier molecular flexibility index (Phi) is 5.05. The molecule has 0 aliphatic carbocycles. The monoisotopic (exact) mass is 287 g/mol. The van der Waals surface area contributed by atoms with Crippen molar-refractivity contribution in [2.45, 2.75) is 32.6 Å². The van der Waals surface area contributed by atoms with Crippen LogP contribution in [0.4, 0.5) is 5.69 Å². The van der Waals surface area contributed by atoms with Crippen LogP contribution >= 0.6 is 0 Å². The molecule has 1 aromatic heterocycles. The van der Waals surface area contributed by atoms with Gasteiger partial charge in [-0.2, -0.15) is 5.10 Å². The van der Waals surface area contributed by atoms with Crippen molar-refractivity contribution in [2.75, 3.05) is 11.9 Å². The van der Waals surface area contributed by atoms with E-state index in [1.165, 1.54) is 0 Å². The molecule has 1 heterocycles. The summed E-state index contributed by atoms with van der Waals surface area (Å²) in [5.74, 6) is 1.65. The fourth-order valence-electron chi connectivity index (χ4n) is 1.92. The number of benzene rings is 1. The van der Waals surface area contributed by atoms with Crippen LogP contribution in [0, 0.1) is 0 Å². The van der Waals surface area contributed by atoms with Crippen LogP contribution in [-0.2, 0) is 4.79 Å². The third-order valence-corrected chi connectivity index (χ3v) is 3.10. The number of H-pyrrole nitrogens is 1. The number of hydrogen-bond acceptors (Lipinski definition) is 4. The van der Waals surface area contributed by atoms with Crippen LogP contribution in [0.25, 0.3) is 11.4 Å². The van der Waals surface area contributed by atoms with Gasteiger partial charge in [-0.25, -0.2) is 4.98 Å². The summed E-state index contributed by atoms with van der Waals surface area (Å²) in [7, 11) is 0. The molecule has 0 aliphatic heterocycles. The van der Waals surface area contributed by atoms with Crippen LogP contribution in [0.2, 0.25) is 0 Å². The van der Waals surface area contributed by atoms with E-state index < -0.39 is 0 Å². The van der Waals surface area contributed by atoms with Crippen molar-refractivity contribution in [1.29, 1.82) is 0 Å². The molecule has 2 rings (SSSR count). The van der Waals surface area contributed by atoms with E-state index in [0.29, 0.717) is 30.9 Å². The Hall–Kier alpha value is -2.21. The zero-order chi connectivity index (χ0) is 15.2. The van der Waals surface area contributed by atoms with Gasteiger partial charge in [0, 0.05) is 17.9 Å². The summed E-state index contributed by atoms with van der Waals surface area (Å²) in [6.07, 6.45) is 1.09. The number of rotatable bonds is 6. The van der Waals surface area contributed by atoms with Crippen molar-refractivity contribution in [2.24, 2.45) is 5.73 Å². The molecule has 21 heavy (non-hydrogen) atoms. The third kappa shape index (κ3) is 3.88. The number of aromatic nitrogens is 3. The number of nitrogens with one attached hydrogen (secondary N) is 2. The second-order valence-corrected chi connectivity index (χ2v) is 5.18. The number of carbonyl (C=O) groups excluding carboxylic acids is 1. The Balaban J connectivity index is 2.21. The van der Waals surface area contributed by atoms with E-state index in [1.54, 1.807) is 0 Å². The number of nitrogens with two attached hydrogens (primary N) is 1. The summed E-state index contributed by atoms with van der Waals surface area (Å²) in [5.41, 5.74) is 6.94. The second-order valence-electron chi connectivity index (χ2n) is 5.18. The lowest BCUT2D eigenvalue weighted by molar-refractivity contribution is -0.116. The molecule has 0 radical (unpaired) electrons. The van der Waals surface area contributed by atoms with Gasteiger partial charge in [-0.05, 0) is 25.1 Å². The van der Waals surface area contributed by atoms with E-state index in [1.807, 2.05) is 38.1 Å². The van der Waals surface area contributed by atoms with Gasteiger partial charge in [-0.1, -0.05) is 26.0 Å². The molecular weight excluding hydrogens is 266 g/mol. The van der Waals surface area contributed by atoms with Crippen molar-refractivity contribution in [3.05, 3.63) is 30.1 Å². The lowest BCUT2D eigenvalue weighted by atomic mass is 10.1. The molecule has 1 aromatic carbocycles. The number of anilines is 1. The Morgan fingerprint density at radius 3 is 2.81 bits per heavy atom. The number of carbonyl (C=O) groups is 1. The first-order chi connectivity index (χ1) is 10.1. The third-order valence-electron chi connectivity index (χ3n) is 3.10. The average Bonchev–Trinajstić information content (AvgIpc) is 2.95. The lowest BCUT2D eigenvalue weighted by Crippen LogP contribution is -2.14. The number of amides is 1. The quantitative estimate of drug-likeness (QED) is 0.759. The molecule has 6 heteroatoms. The number of para-hydroxylation sites is 1. The predicted octanol–water partition coefficient (Wildman–Crippen LogP) is 2.27. The second kappa shape index (κ2) is 6.99. The van der Waals surface area contributed by atoms with E-state index in [-0.39, 0.29) is 11.8 Å². The molecule has 0 atom stereocenters. The van der Waals surface area contributed by atoms with E-state index in [9.17, 15) is 4.79 Å². The highest BCUT2D eigenvalue weighted by atomic mass is 16.1. The Morgan fingerprint density at radius 2 is 2.14 bits per heavy atom. The molecule has 0 spiro atoms. The number of aromatic amines is 1. The lowest BCUT2D eigenvalue weighted by Gasteiger charge is -2.08. The summed E-state index contributed by atoms with van der Waals surface area (Å²) in [6.45, 7) is 4.60. The molecule has 0 aliphatic rings. The van der Waals surface area contributed by atoms with Gasteiger partial charge in [-0.3, -0.25) is 9.89 Å². The Bertz CT molecular complexity index is 606. The molecule has 0 unspecified atom stereocenters. The largest absolute Gasteiger partial charge is 0.330 e. The van der Waals surface area contributed by atoms with E-state index in [2.05, 4.69) is 20.5 Å². The molecule has 2 aromatic rings. The molecule has 4 N–H and O–H groups in total. The minimum absolute atomic E-state index is 0.0486. The average molecular weight is 287 g/mol. The molecule has 0 saturated carbocycles. The Morgan fingerprint density at radius 1 is 1.38 bits per heavy atom. The highest BCUT2D eigenvalue weighted by Gasteiger charge is 2.13. The van der Waals surface area contributed by atoms with Crippen LogP contribution in [0.15, 0.2) is 24.3 Å². The molecule has 0 bridgehead atoms. The Labute approximate surface area is 124 Å². The van der Waals surface area contributed by atoms with E-state index >= 15 is 0 Å².